The SMILES string of the molecule is CCn1c(SCC(=O)Nc2c(C)cccc2C)nnc1-c1cccc(C)c1. The number of anilines is 1. The second-order valence-corrected chi connectivity index (χ2v) is 7.47. The van der Waals surface area contributed by atoms with E-state index in [2.05, 4.69) is 41.5 Å². The second kappa shape index (κ2) is 8.39. The van der Waals surface area contributed by atoms with E-state index in [9.17, 15) is 4.79 Å². The molecule has 1 aromatic heterocycles. The first-order chi connectivity index (χ1) is 13.0. The molecule has 0 unspecified atom stereocenters. The standard InChI is InChI=1S/C21H24N4OS/c1-5-25-20(17-11-6-8-14(2)12-17)23-24-21(25)27-13-18(26)22-19-15(3)9-7-10-16(19)4/h6-12H,5,13H2,1-4H3,(H,22,26). The smallest absolute Gasteiger partial charge is 0.234 e. The van der Waals surface area contributed by atoms with Gasteiger partial charge in [0.2, 0.25) is 5.91 Å². The maximum Gasteiger partial charge on any atom is 0.234 e. The van der Waals surface area contributed by atoms with E-state index < -0.39 is 0 Å². The molecule has 0 fully saturated rings. The molecule has 0 aliphatic heterocycles. The highest BCUT2D eigenvalue weighted by Crippen LogP contribution is 2.25. The summed E-state index contributed by atoms with van der Waals surface area (Å²) in [5.41, 5.74) is 5.23. The Morgan fingerprint density at radius 2 is 1.78 bits per heavy atom. The van der Waals surface area contributed by atoms with Crippen LogP contribution in [0.2, 0.25) is 0 Å². The van der Waals surface area contributed by atoms with Crippen LogP contribution in [0.25, 0.3) is 11.4 Å². The lowest BCUT2D eigenvalue weighted by molar-refractivity contribution is -0.113. The molecule has 3 aromatic rings. The van der Waals surface area contributed by atoms with Gasteiger partial charge in [-0.2, -0.15) is 0 Å². The van der Waals surface area contributed by atoms with Crippen LogP contribution >= 0.6 is 11.8 Å². The first kappa shape index (κ1) is 19.2. The van der Waals surface area contributed by atoms with Crippen LogP contribution in [0.1, 0.15) is 23.6 Å². The molecule has 1 heterocycles. The number of carbonyl (C=O) groups excluding carboxylic acids is 1. The Balaban J connectivity index is 1.72. The topological polar surface area (TPSA) is 59.8 Å². The third-order valence-corrected chi connectivity index (χ3v) is 5.35. The van der Waals surface area contributed by atoms with Gasteiger partial charge in [0.1, 0.15) is 0 Å². The summed E-state index contributed by atoms with van der Waals surface area (Å²) in [6.07, 6.45) is 0. The van der Waals surface area contributed by atoms with Crippen molar-refractivity contribution in [2.45, 2.75) is 39.4 Å². The third-order valence-electron chi connectivity index (χ3n) is 4.39. The highest BCUT2D eigenvalue weighted by atomic mass is 32.2. The van der Waals surface area contributed by atoms with Crippen LogP contribution in [0.4, 0.5) is 5.69 Å². The molecular formula is C21H24N4OS. The van der Waals surface area contributed by atoms with Crippen molar-refractivity contribution in [2.75, 3.05) is 11.1 Å². The highest BCUT2D eigenvalue weighted by Gasteiger charge is 2.15. The molecule has 140 valence electrons. The second-order valence-electron chi connectivity index (χ2n) is 6.52. The molecule has 2 aromatic carbocycles. The molecule has 0 aliphatic rings. The fraction of sp³-hybridized carbons (Fsp3) is 0.286. The predicted octanol–water partition coefficient (Wildman–Crippen LogP) is 4.62. The summed E-state index contributed by atoms with van der Waals surface area (Å²) in [4.78, 5) is 12.4. The average Bonchev–Trinajstić information content (AvgIpc) is 3.06. The number of thioether (sulfide) groups is 1. The third kappa shape index (κ3) is 4.39. The largest absolute Gasteiger partial charge is 0.325 e. The molecule has 27 heavy (non-hydrogen) atoms. The van der Waals surface area contributed by atoms with Crippen LogP contribution in [-0.4, -0.2) is 26.4 Å². The van der Waals surface area contributed by atoms with Crippen molar-refractivity contribution < 1.29 is 4.79 Å². The number of nitrogens with one attached hydrogen (secondary N) is 1. The van der Waals surface area contributed by atoms with Gasteiger partial charge in [-0.05, 0) is 44.9 Å². The Morgan fingerprint density at radius 1 is 1.07 bits per heavy atom. The number of rotatable bonds is 6. The normalized spacial score (nSPS) is 10.8. The lowest BCUT2D eigenvalue weighted by Crippen LogP contribution is -2.16. The summed E-state index contributed by atoms with van der Waals surface area (Å²) in [6, 6.07) is 14.2. The maximum atomic E-state index is 12.4. The van der Waals surface area contributed by atoms with Gasteiger partial charge in [0, 0.05) is 17.8 Å². The zero-order valence-corrected chi connectivity index (χ0v) is 16.9. The van der Waals surface area contributed by atoms with Gasteiger partial charge in [-0.3, -0.25) is 4.79 Å². The number of amides is 1. The Hall–Kier alpha value is -2.60. The van der Waals surface area contributed by atoms with Crippen LogP contribution in [0.15, 0.2) is 47.6 Å². The summed E-state index contributed by atoms with van der Waals surface area (Å²) in [5.74, 6) is 1.08. The lowest BCUT2D eigenvalue weighted by atomic mass is 10.1. The van der Waals surface area contributed by atoms with Gasteiger partial charge in [-0.1, -0.05) is 53.7 Å². The van der Waals surface area contributed by atoms with Gasteiger partial charge in [0.15, 0.2) is 11.0 Å². The zero-order chi connectivity index (χ0) is 19.4. The summed E-state index contributed by atoms with van der Waals surface area (Å²) in [7, 11) is 0. The monoisotopic (exact) mass is 380 g/mol. The Bertz CT molecular complexity index is 944. The number of carbonyl (C=O) groups is 1. The van der Waals surface area contributed by atoms with Gasteiger partial charge in [-0.25, -0.2) is 0 Å². The Kier molecular flexibility index (Phi) is 5.96. The molecule has 0 spiro atoms. The number of nitrogens with zero attached hydrogens (tertiary/aromatic N) is 3. The van der Waals surface area contributed by atoms with E-state index in [1.54, 1.807) is 0 Å². The molecule has 5 nitrogen and oxygen atoms in total. The predicted molar refractivity (Wildman–Crippen MR) is 111 cm³/mol. The number of aromatic nitrogens is 3. The quantitative estimate of drug-likeness (QED) is 0.634. The van der Waals surface area contributed by atoms with Gasteiger partial charge in [-0.15, -0.1) is 10.2 Å². The first-order valence-corrected chi connectivity index (χ1v) is 9.97. The van der Waals surface area contributed by atoms with Crippen molar-refractivity contribution in [1.29, 1.82) is 0 Å². The van der Waals surface area contributed by atoms with Crippen molar-refractivity contribution in [1.82, 2.24) is 14.8 Å². The van der Waals surface area contributed by atoms with Crippen LogP contribution in [0.5, 0.6) is 0 Å². The molecule has 0 bridgehead atoms. The molecule has 0 atom stereocenters. The number of benzene rings is 2. The van der Waals surface area contributed by atoms with E-state index in [0.29, 0.717) is 5.75 Å². The van der Waals surface area contributed by atoms with E-state index >= 15 is 0 Å². The van der Waals surface area contributed by atoms with E-state index in [-0.39, 0.29) is 5.91 Å². The molecule has 0 radical (unpaired) electrons. The summed E-state index contributed by atoms with van der Waals surface area (Å²) in [6.45, 7) is 8.86. The minimum absolute atomic E-state index is 0.0415. The molecule has 0 aliphatic carbocycles. The first-order valence-electron chi connectivity index (χ1n) is 8.98. The van der Waals surface area contributed by atoms with E-state index in [4.69, 9.17) is 0 Å². The average molecular weight is 381 g/mol. The molecule has 0 saturated carbocycles. The van der Waals surface area contributed by atoms with Crippen molar-refractivity contribution in [3.8, 4) is 11.4 Å². The number of hydrogen-bond acceptors (Lipinski definition) is 4. The molecular weight excluding hydrogens is 356 g/mol. The molecule has 0 saturated heterocycles. The van der Waals surface area contributed by atoms with Crippen molar-refractivity contribution in [3.63, 3.8) is 0 Å². The fourth-order valence-electron chi connectivity index (χ4n) is 3.00. The Labute approximate surface area is 164 Å². The van der Waals surface area contributed by atoms with Crippen LogP contribution in [-0.2, 0) is 11.3 Å². The van der Waals surface area contributed by atoms with Crippen molar-refractivity contribution in [2.24, 2.45) is 0 Å². The van der Waals surface area contributed by atoms with Gasteiger partial charge in [0.25, 0.3) is 0 Å². The van der Waals surface area contributed by atoms with Gasteiger partial charge in [0.05, 0.1) is 5.75 Å². The number of hydrogen-bond donors (Lipinski definition) is 1. The minimum atomic E-state index is -0.0415. The van der Waals surface area contributed by atoms with Crippen LogP contribution in [0, 0.1) is 20.8 Å². The minimum Gasteiger partial charge on any atom is -0.325 e. The Morgan fingerprint density at radius 3 is 2.44 bits per heavy atom. The lowest BCUT2D eigenvalue weighted by Gasteiger charge is -2.11. The van der Waals surface area contributed by atoms with E-state index in [1.165, 1.54) is 17.3 Å². The van der Waals surface area contributed by atoms with E-state index in [1.807, 2.05) is 48.7 Å². The summed E-state index contributed by atoms with van der Waals surface area (Å²) in [5, 5.41) is 12.4. The number of para-hydroxylation sites is 1. The fourth-order valence-corrected chi connectivity index (χ4v) is 3.80. The van der Waals surface area contributed by atoms with E-state index in [0.717, 1.165) is 39.9 Å². The molecule has 1 amide bonds. The molecule has 6 heteroatoms. The number of aryl methyl sites for hydroxylation is 3. The molecule has 1 N–H and O–H groups in total. The summed E-state index contributed by atoms with van der Waals surface area (Å²) < 4.78 is 2.05. The van der Waals surface area contributed by atoms with Crippen molar-refractivity contribution in [3.05, 3.63) is 59.2 Å². The zero-order valence-electron chi connectivity index (χ0n) is 16.1. The van der Waals surface area contributed by atoms with Crippen LogP contribution < -0.4 is 5.32 Å². The summed E-state index contributed by atoms with van der Waals surface area (Å²) >= 11 is 1.41. The highest BCUT2D eigenvalue weighted by molar-refractivity contribution is 7.99. The van der Waals surface area contributed by atoms with Crippen molar-refractivity contribution >= 4 is 23.4 Å². The maximum absolute atomic E-state index is 12.4. The van der Waals surface area contributed by atoms with Gasteiger partial charge < -0.3 is 9.88 Å². The molecule has 3 rings (SSSR count). The van der Waals surface area contributed by atoms with Crippen LogP contribution in [0.3, 0.4) is 0 Å². The van der Waals surface area contributed by atoms with Gasteiger partial charge >= 0.3 is 0 Å².